The molecule has 0 aliphatic carbocycles. The number of amides is 1. The van der Waals surface area contributed by atoms with E-state index < -0.39 is 23.7 Å². The average molecular weight is 597 g/mol. The molecule has 9 heteroatoms. The second-order valence-electron chi connectivity index (χ2n) is 10.1. The summed E-state index contributed by atoms with van der Waals surface area (Å²) in [4.78, 5) is 45.8. The topological polar surface area (TPSA) is 106 Å². The van der Waals surface area contributed by atoms with Crippen molar-refractivity contribution in [3.05, 3.63) is 117 Å². The lowest BCUT2D eigenvalue weighted by atomic mass is 9.93. The average Bonchev–Trinajstić information content (AvgIpc) is 3.52. The maximum absolute atomic E-state index is 13.6. The van der Waals surface area contributed by atoms with E-state index in [9.17, 15) is 19.5 Å². The Morgan fingerprint density at radius 2 is 1.70 bits per heavy atom. The van der Waals surface area contributed by atoms with Gasteiger partial charge in [0, 0.05) is 5.56 Å². The highest BCUT2D eigenvalue weighted by atomic mass is 32.1. The Kier molecular flexibility index (Phi) is 8.73. The molecule has 5 rings (SSSR count). The first-order valence-electron chi connectivity index (χ1n) is 14.1. The molecule has 220 valence electrons. The van der Waals surface area contributed by atoms with Crippen LogP contribution in [0, 0.1) is 13.8 Å². The molecule has 0 bridgehead atoms. The van der Waals surface area contributed by atoms with E-state index in [4.69, 9.17) is 9.47 Å². The third-order valence-corrected chi connectivity index (χ3v) is 8.44. The fourth-order valence-electron chi connectivity index (χ4n) is 5.03. The Balaban J connectivity index is 1.57. The number of aliphatic hydroxyl groups excluding tert-OH is 1. The summed E-state index contributed by atoms with van der Waals surface area (Å²) in [6.07, 6.45) is 0.812. The Bertz CT molecular complexity index is 1710. The number of carbonyl (C=O) groups is 3. The number of thiazole rings is 1. The van der Waals surface area contributed by atoms with Crippen LogP contribution >= 0.6 is 11.3 Å². The lowest BCUT2D eigenvalue weighted by Crippen LogP contribution is -2.29. The number of aryl methyl sites for hydroxylation is 3. The molecule has 0 saturated carbocycles. The number of hydrogen-bond acceptors (Lipinski definition) is 8. The lowest BCUT2D eigenvalue weighted by Gasteiger charge is -2.23. The predicted molar refractivity (Wildman–Crippen MR) is 165 cm³/mol. The highest BCUT2D eigenvalue weighted by Gasteiger charge is 2.48. The molecule has 1 atom stereocenters. The van der Waals surface area contributed by atoms with Gasteiger partial charge in [-0.2, -0.15) is 0 Å². The molecular weight excluding hydrogens is 564 g/mol. The van der Waals surface area contributed by atoms with Gasteiger partial charge in [0.1, 0.15) is 23.0 Å². The molecule has 4 aromatic rings. The van der Waals surface area contributed by atoms with Crippen LogP contribution in [0.15, 0.2) is 78.4 Å². The zero-order valence-electron chi connectivity index (χ0n) is 24.4. The van der Waals surface area contributed by atoms with E-state index >= 15 is 0 Å². The number of anilines is 1. The third kappa shape index (κ3) is 5.94. The fourth-order valence-corrected chi connectivity index (χ4v) is 6.02. The first-order chi connectivity index (χ1) is 20.7. The third-order valence-electron chi connectivity index (χ3n) is 7.30. The molecule has 1 saturated heterocycles. The molecule has 8 nitrogen and oxygen atoms in total. The van der Waals surface area contributed by atoms with Crippen molar-refractivity contribution in [1.82, 2.24) is 4.98 Å². The maximum atomic E-state index is 13.6. The van der Waals surface area contributed by atoms with E-state index in [-0.39, 0.29) is 27.9 Å². The standard InChI is InChI=1S/C34H32N2O6S/c1-5-22-12-14-24(15-13-22)28-27(30(38)32(39)36(28)34-35-21(4)31(43-34)33(40)41-6-2)29(37)26-17-16-25(18-20(26)3)42-19-23-10-8-7-9-11-23/h7-18,28,37H,5-6,19H2,1-4H3/t28-/m1/s1. The van der Waals surface area contributed by atoms with Crippen molar-refractivity contribution in [1.29, 1.82) is 0 Å². The Labute approximate surface area is 254 Å². The molecule has 2 heterocycles. The van der Waals surface area contributed by atoms with Crippen molar-refractivity contribution < 1.29 is 29.0 Å². The number of rotatable bonds is 9. The Morgan fingerprint density at radius 3 is 2.35 bits per heavy atom. The Morgan fingerprint density at radius 1 is 0.977 bits per heavy atom. The van der Waals surface area contributed by atoms with Crippen molar-refractivity contribution in [3.8, 4) is 5.75 Å². The molecule has 1 aromatic heterocycles. The minimum absolute atomic E-state index is 0.0548. The number of hydrogen-bond donors (Lipinski definition) is 1. The van der Waals surface area contributed by atoms with Gasteiger partial charge in [-0.25, -0.2) is 9.78 Å². The number of aliphatic hydroxyl groups is 1. The number of carbonyl (C=O) groups excluding carboxylic acids is 3. The van der Waals surface area contributed by atoms with Crippen molar-refractivity contribution in [3.63, 3.8) is 0 Å². The van der Waals surface area contributed by atoms with E-state index in [1.54, 1.807) is 39.0 Å². The molecule has 43 heavy (non-hydrogen) atoms. The van der Waals surface area contributed by atoms with Crippen LogP contribution < -0.4 is 9.64 Å². The van der Waals surface area contributed by atoms with Crippen LogP contribution in [0.25, 0.3) is 5.76 Å². The number of ether oxygens (including phenoxy) is 2. The molecule has 0 radical (unpaired) electrons. The first kappa shape index (κ1) is 29.7. The number of aromatic nitrogens is 1. The van der Waals surface area contributed by atoms with Crippen LogP contribution in [0.2, 0.25) is 0 Å². The molecule has 0 unspecified atom stereocenters. The molecule has 1 N–H and O–H groups in total. The van der Waals surface area contributed by atoms with Crippen molar-refractivity contribution in [2.45, 2.75) is 46.8 Å². The molecule has 1 amide bonds. The summed E-state index contributed by atoms with van der Waals surface area (Å²) in [6.45, 7) is 7.77. The fraction of sp³-hybridized carbons (Fsp3) is 0.235. The van der Waals surface area contributed by atoms with Gasteiger partial charge in [-0.3, -0.25) is 14.5 Å². The van der Waals surface area contributed by atoms with Gasteiger partial charge in [0.25, 0.3) is 5.78 Å². The zero-order chi connectivity index (χ0) is 30.7. The maximum Gasteiger partial charge on any atom is 0.350 e. The lowest BCUT2D eigenvalue weighted by molar-refractivity contribution is -0.132. The van der Waals surface area contributed by atoms with Crippen LogP contribution in [0.1, 0.15) is 63.1 Å². The second kappa shape index (κ2) is 12.6. The first-order valence-corrected chi connectivity index (χ1v) is 14.9. The van der Waals surface area contributed by atoms with Crippen LogP contribution in [0.4, 0.5) is 5.13 Å². The predicted octanol–water partition coefficient (Wildman–Crippen LogP) is 6.70. The number of nitrogens with zero attached hydrogens (tertiary/aromatic N) is 2. The van der Waals surface area contributed by atoms with E-state index in [1.807, 2.05) is 61.5 Å². The SMILES string of the molecule is CCOC(=O)c1sc(N2C(=O)C(=O)C(=C(O)c3ccc(OCc4ccccc4)cc3C)[C@H]2c2ccc(CC)cc2)nc1C. The molecule has 0 spiro atoms. The zero-order valence-corrected chi connectivity index (χ0v) is 25.2. The minimum atomic E-state index is -0.958. The smallest absolute Gasteiger partial charge is 0.350 e. The van der Waals surface area contributed by atoms with Gasteiger partial charge in [0.2, 0.25) is 0 Å². The largest absolute Gasteiger partial charge is 0.507 e. The minimum Gasteiger partial charge on any atom is -0.507 e. The number of benzene rings is 3. The van der Waals surface area contributed by atoms with Crippen LogP contribution in [0.3, 0.4) is 0 Å². The van der Waals surface area contributed by atoms with E-state index in [0.29, 0.717) is 34.7 Å². The Hall–Kier alpha value is -4.76. The highest BCUT2D eigenvalue weighted by Crippen LogP contribution is 2.44. The van der Waals surface area contributed by atoms with Crippen LogP contribution in [-0.2, 0) is 27.4 Å². The van der Waals surface area contributed by atoms with E-state index in [2.05, 4.69) is 4.98 Å². The van der Waals surface area contributed by atoms with Gasteiger partial charge in [-0.1, -0.05) is 72.9 Å². The van der Waals surface area contributed by atoms with Gasteiger partial charge in [-0.05, 0) is 67.6 Å². The van der Waals surface area contributed by atoms with Crippen molar-refractivity contribution in [2.24, 2.45) is 0 Å². The summed E-state index contributed by atoms with van der Waals surface area (Å²) in [5.41, 5.74) is 4.14. The monoisotopic (exact) mass is 596 g/mol. The quantitative estimate of drug-likeness (QED) is 0.0991. The number of Topliss-reactive ketones (excluding diaryl/α,β-unsaturated/α-hetero) is 1. The molecule has 3 aromatic carbocycles. The van der Waals surface area contributed by atoms with Crippen molar-refractivity contribution in [2.75, 3.05) is 11.5 Å². The molecular formula is C34H32N2O6S. The molecule has 1 fully saturated rings. The highest BCUT2D eigenvalue weighted by molar-refractivity contribution is 7.17. The van der Waals surface area contributed by atoms with Gasteiger partial charge in [0.15, 0.2) is 5.13 Å². The number of esters is 1. The number of ketones is 1. The molecule has 1 aliphatic rings. The van der Waals surface area contributed by atoms with E-state index in [0.717, 1.165) is 28.9 Å². The second-order valence-corrected chi connectivity index (χ2v) is 11.1. The summed E-state index contributed by atoms with van der Waals surface area (Å²) in [5, 5.41) is 11.8. The summed E-state index contributed by atoms with van der Waals surface area (Å²) < 4.78 is 11.1. The van der Waals surface area contributed by atoms with Crippen LogP contribution in [-0.4, -0.2) is 34.4 Å². The summed E-state index contributed by atoms with van der Waals surface area (Å²) in [7, 11) is 0. The van der Waals surface area contributed by atoms with Gasteiger partial charge >= 0.3 is 11.9 Å². The van der Waals surface area contributed by atoms with Gasteiger partial charge in [0.05, 0.1) is 23.9 Å². The van der Waals surface area contributed by atoms with Gasteiger partial charge < -0.3 is 14.6 Å². The normalized spacial score (nSPS) is 16.0. The molecule has 1 aliphatic heterocycles. The summed E-state index contributed by atoms with van der Waals surface area (Å²) in [6, 6.07) is 21.5. The summed E-state index contributed by atoms with van der Waals surface area (Å²) >= 11 is 0.981. The van der Waals surface area contributed by atoms with Crippen molar-refractivity contribution >= 4 is 39.9 Å². The summed E-state index contributed by atoms with van der Waals surface area (Å²) in [5.74, 6) is -1.91. The van der Waals surface area contributed by atoms with Crippen LogP contribution in [0.5, 0.6) is 5.75 Å². The van der Waals surface area contributed by atoms with E-state index in [1.165, 1.54) is 4.90 Å². The van der Waals surface area contributed by atoms with Gasteiger partial charge in [-0.15, -0.1) is 0 Å².